The molecule has 0 unspecified atom stereocenters. The molecule has 1 aromatic carbocycles. The van der Waals surface area contributed by atoms with Crippen LogP contribution in [0.1, 0.15) is 57.4 Å². The Balaban J connectivity index is 1.83. The number of allylic oxidation sites excluding steroid dienone is 3. The lowest BCUT2D eigenvalue weighted by atomic mass is 9.69. The summed E-state index contributed by atoms with van der Waals surface area (Å²) in [5.41, 5.74) is 2.45. The summed E-state index contributed by atoms with van der Waals surface area (Å²) in [6.45, 7) is 3.62. The number of methoxy groups -OCH3 is 2. The molecule has 2 aliphatic carbocycles. The van der Waals surface area contributed by atoms with Gasteiger partial charge in [0.25, 0.3) is 0 Å². The Labute approximate surface area is 199 Å². The normalized spacial score (nSPS) is 25.1. The van der Waals surface area contributed by atoms with E-state index in [9.17, 15) is 19.5 Å². The summed E-state index contributed by atoms with van der Waals surface area (Å²) in [6.07, 6.45) is 3.94. The van der Waals surface area contributed by atoms with Crippen LogP contribution in [0.4, 0.5) is 0 Å². The summed E-state index contributed by atoms with van der Waals surface area (Å²) < 4.78 is 15.9. The van der Waals surface area contributed by atoms with Crippen LogP contribution in [0.25, 0.3) is 0 Å². The summed E-state index contributed by atoms with van der Waals surface area (Å²) in [7, 11) is 2.71. The van der Waals surface area contributed by atoms with Crippen LogP contribution in [0.15, 0.2) is 40.7 Å². The van der Waals surface area contributed by atoms with Crippen molar-refractivity contribution in [3.63, 3.8) is 0 Å². The van der Waals surface area contributed by atoms with Gasteiger partial charge in [0.15, 0.2) is 17.3 Å². The molecule has 0 saturated heterocycles. The molecule has 1 heterocycles. The molecule has 1 fully saturated rings. The van der Waals surface area contributed by atoms with E-state index in [0.717, 1.165) is 25.7 Å². The van der Waals surface area contributed by atoms with Crippen LogP contribution in [0.2, 0.25) is 0 Å². The topological polar surface area (TPSA) is 111 Å². The summed E-state index contributed by atoms with van der Waals surface area (Å²) >= 11 is 0. The highest BCUT2D eigenvalue weighted by Crippen LogP contribution is 2.47. The second kappa shape index (κ2) is 9.52. The van der Waals surface area contributed by atoms with Gasteiger partial charge in [-0.15, -0.1) is 0 Å². The maximum absolute atomic E-state index is 13.7. The molecule has 0 aromatic heterocycles. The van der Waals surface area contributed by atoms with Crippen LogP contribution in [-0.2, 0) is 23.9 Å². The van der Waals surface area contributed by atoms with E-state index in [2.05, 4.69) is 5.32 Å². The zero-order valence-electron chi connectivity index (χ0n) is 20.0. The van der Waals surface area contributed by atoms with Gasteiger partial charge < -0.3 is 24.6 Å². The Morgan fingerprint density at radius 3 is 2.47 bits per heavy atom. The first-order valence-electron chi connectivity index (χ1n) is 11.7. The number of rotatable bonds is 5. The minimum absolute atomic E-state index is 0.108. The number of benzene rings is 1. The van der Waals surface area contributed by atoms with Gasteiger partial charge in [0.2, 0.25) is 0 Å². The van der Waals surface area contributed by atoms with Crippen LogP contribution in [0.5, 0.6) is 11.5 Å². The zero-order chi connectivity index (χ0) is 24.6. The molecular formula is C26H31NO7. The van der Waals surface area contributed by atoms with Crippen molar-refractivity contribution in [2.75, 3.05) is 14.2 Å². The van der Waals surface area contributed by atoms with Crippen LogP contribution in [-0.4, -0.2) is 43.2 Å². The SMILES string of the molecule is COC(=O)[C@H]1C(=O)C2=C(C[C@@H]1C)NC(C)=C(C(=O)OC1CCCC1)[C@@H]2c1ccc(OC)c(O)c1. The molecule has 1 saturated carbocycles. The summed E-state index contributed by atoms with van der Waals surface area (Å²) in [5, 5.41) is 13.7. The van der Waals surface area contributed by atoms with Crippen molar-refractivity contribution >= 4 is 17.7 Å². The fourth-order valence-corrected chi connectivity index (χ4v) is 5.39. The van der Waals surface area contributed by atoms with Gasteiger partial charge in [-0.3, -0.25) is 9.59 Å². The van der Waals surface area contributed by atoms with Gasteiger partial charge in [0, 0.05) is 22.9 Å². The van der Waals surface area contributed by atoms with Crippen molar-refractivity contribution < 1.29 is 33.7 Å². The van der Waals surface area contributed by atoms with Crippen LogP contribution >= 0.6 is 0 Å². The Morgan fingerprint density at radius 1 is 1.15 bits per heavy atom. The van der Waals surface area contributed by atoms with Crippen LogP contribution in [0.3, 0.4) is 0 Å². The van der Waals surface area contributed by atoms with E-state index < -0.39 is 23.8 Å². The lowest BCUT2D eigenvalue weighted by Crippen LogP contribution is -2.43. The molecule has 1 aliphatic heterocycles. The van der Waals surface area contributed by atoms with E-state index in [-0.39, 0.29) is 29.3 Å². The highest BCUT2D eigenvalue weighted by molar-refractivity contribution is 6.12. The predicted molar refractivity (Wildman–Crippen MR) is 123 cm³/mol. The van der Waals surface area contributed by atoms with Crippen molar-refractivity contribution in [2.24, 2.45) is 11.8 Å². The third-order valence-electron chi connectivity index (χ3n) is 7.08. The Bertz CT molecular complexity index is 1080. The molecule has 1 aromatic rings. The Hall–Kier alpha value is -3.29. The number of carbonyl (C=O) groups is 3. The molecule has 182 valence electrons. The largest absolute Gasteiger partial charge is 0.504 e. The van der Waals surface area contributed by atoms with Crippen molar-refractivity contribution in [1.82, 2.24) is 5.32 Å². The summed E-state index contributed by atoms with van der Waals surface area (Å²) in [6, 6.07) is 4.80. The average Bonchev–Trinajstić information content (AvgIpc) is 3.30. The number of carbonyl (C=O) groups excluding carboxylic acids is 3. The maximum Gasteiger partial charge on any atom is 0.337 e. The molecule has 4 rings (SSSR count). The standard InChI is InChI=1S/C26H31NO7/c1-13-11-17-23(24(29)20(13)25(30)33-4)22(15-9-10-19(32-3)18(28)12-15)21(14(2)27-17)26(31)34-16-7-5-6-8-16/h9-10,12-13,16,20,22,27-28H,5-8,11H2,1-4H3/t13-,20+,22-/m0/s1. The average molecular weight is 470 g/mol. The van der Waals surface area contributed by atoms with Gasteiger partial charge in [-0.25, -0.2) is 4.79 Å². The Kier molecular flexibility index (Phi) is 6.68. The second-order valence-electron chi connectivity index (χ2n) is 9.28. The van der Waals surface area contributed by atoms with E-state index in [1.54, 1.807) is 19.1 Å². The fraction of sp³-hybridized carbons (Fsp3) is 0.500. The highest BCUT2D eigenvalue weighted by atomic mass is 16.5. The van der Waals surface area contributed by atoms with E-state index in [1.165, 1.54) is 20.3 Å². The number of phenols is 1. The number of ketones is 1. The first-order valence-corrected chi connectivity index (χ1v) is 11.7. The molecule has 3 atom stereocenters. The first kappa shape index (κ1) is 23.9. The highest BCUT2D eigenvalue weighted by Gasteiger charge is 2.47. The quantitative estimate of drug-likeness (QED) is 0.498. The number of hydrogen-bond acceptors (Lipinski definition) is 8. The van der Waals surface area contributed by atoms with Gasteiger partial charge in [-0.1, -0.05) is 13.0 Å². The number of aromatic hydroxyl groups is 1. The number of Topliss-reactive ketones (excluding diaryl/α,β-unsaturated/α-hetero) is 1. The smallest absolute Gasteiger partial charge is 0.337 e. The van der Waals surface area contributed by atoms with E-state index in [0.29, 0.717) is 34.5 Å². The minimum atomic E-state index is -0.967. The number of phenolic OH excluding ortho intramolecular Hbond substituents is 1. The van der Waals surface area contributed by atoms with Crippen molar-refractivity contribution in [3.8, 4) is 11.5 Å². The fourth-order valence-electron chi connectivity index (χ4n) is 5.39. The number of ether oxygens (including phenoxy) is 3. The third-order valence-corrected chi connectivity index (χ3v) is 7.08. The first-order chi connectivity index (χ1) is 16.3. The molecule has 0 radical (unpaired) electrons. The molecule has 3 aliphatic rings. The van der Waals surface area contributed by atoms with Crippen LogP contribution < -0.4 is 10.1 Å². The number of esters is 2. The van der Waals surface area contributed by atoms with Crippen molar-refractivity contribution in [2.45, 2.75) is 58.0 Å². The van der Waals surface area contributed by atoms with Crippen LogP contribution in [0, 0.1) is 11.8 Å². The van der Waals surface area contributed by atoms with Gasteiger partial charge in [0.05, 0.1) is 19.8 Å². The van der Waals surface area contributed by atoms with Crippen molar-refractivity contribution in [1.29, 1.82) is 0 Å². The third kappa shape index (κ3) is 4.17. The second-order valence-corrected chi connectivity index (χ2v) is 9.28. The molecule has 0 bridgehead atoms. The minimum Gasteiger partial charge on any atom is -0.504 e. The monoisotopic (exact) mass is 469 g/mol. The zero-order valence-corrected chi connectivity index (χ0v) is 20.0. The molecule has 2 N–H and O–H groups in total. The van der Waals surface area contributed by atoms with Crippen molar-refractivity contribution in [3.05, 3.63) is 46.3 Å². The van der Waals surface area contributed by atoms with E-state index in [4.69, 9.17) is 14.2 Å². The predicted octanol–water partition coefficient (Wildman–Crippen LogP) is 3.50. The van der Waals surface area contributed by atoms with E-state index >= 15 is 0 Å². The molecular weight excluding hydrogens is 438 g/mol. The summed E-state index contributed by atoms with van der Waals surface area (Å²) in [4.78, 5) is 39.7. The number of nitrogens with one attached hydrogen (secondary N) is 1. The van der Waals surface area contributed by atoms with Gasteiger partial charge >= 0.3 is 11.9 Å². The van der Waals surface area contributed by atoms with Gasteiger partial charge in [-0.2, -0.15) is 0 Å². The molecule has 8 nitrogen and oxygen atoms in total. The van der Waals surface area contributed by atoms with E-state index in [1.807, 2.05) is 6.92 Å². The number of hydrogen-bond donors (Lipinski definition) is 2. The molecule has 8 heteroatoms. The maximum atomic E-state index is 13.7. The summed E-state index contributed by atoms with van der Waals surface area (Å²) in [5.74, 6) is -3.34. The Morgan fingerprint density at radius 2 is 1.85 bits per heavy atom. The lowest BCUT2D eigenvalue weighted by Gasteiger charge is -2.38. The van der Waals surface area contributed by atoms with Gasteiger partial charge in [0.1, 0.15) is 12.0 Å². The lowest BCUT2D eigenvalue weighted by molar-refractivity contribution is -0.151. The number of dihydropyridines is 1. The van der Waals surface area contributed by atoms with Gasteiger partial charge in [-0.05, 0) is 62.6 Å². The molecule has 34 heavy (non-hydrogen) atoms. The molecule has 0 spiro atoms. The molecule has 0 amide bonds.